The Balaban J connectivity index is 1.27. The van der Waals surface area contributed by atoms with Crippen molar-refractivity contribution in [1.82, 2.24) is 9.88 Å². The lowest BCUT2D eigenvalue weighted by Gasteiger charge is -2.30. The maximum absolute atomic E-state index is 12.6. The van der Waals surface area contributed by atoms with Crippen LogP contribution in [0.15, 0.2) is 53.9 Å². The third-order valence-corrected chi connectivity index (χ3v) is 7.02. The Morgan fingerprint density at radius 2 is 1.84 bits per heavy atom. The van der Waals surface area contributed by atoms with E-state index in [0.717, 1.165) is 36.6 Å². The second-order valence-corrected chi connectivity index (χ2v) is 9.47. The summed E-state index contributed by atoms with van der Waals surface area (Å²) >= 11 is 13.7. The number of aromatic nitrogens is 1. The molecule has 0 saturated carbocycles. The molecule has 32 heavy (non-hydrogen) atoms. The molecule has 0 unspecified atom stereocenters. The number of rotatable bonds is 7. The zero-order chi connectivity index (χ0) is 22.5. The highest BCUT2D eigenvalue weighted by Gasteiger charge is 2.25. The fourth-order valence-corrected chi connectivity index (χ4v) is 5.12. The van der Waals surface area contributed by atoms with Crippen LogP contribution in [0.25, 0.3) is 0 Å². The smallest absolute Gasteiger partial charge is 0.317 e. The van der Waals surface area contributed by atoms with E-state index >= 15 is 0 Å². The summed E-state index contributed by atoms with van der Waals surface area (Å²) in [7, 11) is 0. The van der Waals surface area contributed by atoms with Crippen LogP contribution in [0.2, 0.25) is 10.0 Å². The molecule has 0 radical (unpaired) electrons. The average Bonchev–Trinajstić information content (AvgIpc) is 3.24. The number of hydrogen-bond acceptors (Lipinski definition) is 6. The number of ether oxygens (including phenoxy) is 1. The maximum Gasteiger partial charge on any atom is 0.317 e. The van der Waals surface area contributed by atoms with E-state index in [1.54, 1.807) is 41.7 Å². The lowest BCUT2D eigenvalue weighted by molar-refractivity contribution is -0.133. The largest absolute Gasteiger partial charge is 0.426 e. The second-order valence-electron chi connectivity index (χ2n) is 7.74. The Bertz CT molecular complexity index is 1100. The molecule has 8 heteroatoms. The van der Waals surface area contributed by atoms with Gasteiger partial charge in [-0.2, -0.15) is 0 Å². The van der Waals surface area contributed by atoms with E-state index in [-0.39, 0.29) is 18.2 Å². The highest BCUT2D eigenvalue weighted by molar-refractivity contribution is 7.09. The molecule has 2 heterocycles. The molecular weight excluding hydrogens is 467 g/mol. The standard InChI is InChI=1S/C24H22Cl2N2O3S/c25-17-6-7-21(26)20(12-17)22(29)14-28-10-8-16(9-11-28)24-27-18(15-32-24)13-23(30)31-19-4-2-1-3-5-19/h1-7,12,15-16H,8-11,13-14H2. The first-order chi connectivity index (χ1) is 15.5. The van der Waals surface area contributed by atoms with Gasteiger partial charge in [0.1, 0.15) is 5.75 Å². The number of benzene rings is 2. The summed E-state index contributed by atoms with van der Waals surface area (Å²) in [6.45, 7) is 1.93. The van der Waals surface area contributed by atoms with Gasteiger partial charge in [-0.25, -0.2) is 4.98 Å². The van der Waals surface area contributed by atoms with E-state index in [1.807, 2.05) is 23.6 Å². The van der Waals surface area contributed by atoms with Crippen molar-refractivity contribution < 1.29 is 14.3 Å². The monoisotopic (exact) mass is 488 g/mol. The molecule has 1 saturated heterocycles. The Kier molecular flexibility index (Phi) is 7.58. The van der Waals surface area contributed by atoms with Gasteiger partial charge < -0.3 is 4.74 Å². The molecule has 1 aliphatic heterocycles. The minimum atomic E-state index is -0.318. The molecule has 3 aromatic rings. The number of hydrogen-bond donors (Lipinski definition) is 0. The highest BCUT2D eigenvalue weighted by Crippen LogP contribution is 2.31. The number of nitrogens with zero attached hydrogens (tertiary/aromatic N) is 2. The molecule has 1 aromatic heterocycles. The van der Waals surface area contributed by atoms with Crippen LogP contribution in [-0.2, 0) is 11.2 Å². The van der Waals surface area contributed by atoms with Crippen molar-refractivity contribution in [2.24, 2.45) is 0 Å². The first kappa shape index (κ1) is 22.9. The van der Waals surface area contributed by atoms with Crippen molar-refractivity contribution in [2.75, 3.05) is 19.6 Å². The van der Waals surface area contributed by atoms with Crippen LogP contribution in [0, 0.1) is 0 Å². The van der Waals surface area contributed by atoms with Crippen LogP contribution < -0.4 is 4.74 Å². The Morgan fingerprint density at radius 1 is 1.09 bits per heavy atom. The number of piperidine rings is 1. The number of likely N-dealkylation sites (tertiary alicyclic amines) is 1. The summed E-state index contributed by atoms with van der Waals surface area (Å²) in [5.41, 5.74) is 1.20. The lowest BCUT2D eigenvalue weighted by atomic mass is 9.97. The fraction of sp³-hybridized carbons (Fsp3) is 0.292. The van der Waals surface area contributed by atoms with Crippen molar-refractivity contribution in [1.29, 1.82) is 0 Å². The topological polar surface area (TPSA) is 59.5 Å². The molecule has 0 spiro atoms. The van der Waals surface area contributed by atoms with Gasteiger partial charge in [0.05, 0.1) is 28.7 Å². The Labute approximate surface area is 200 Å². The molecule has 2 aromatic carbocycles. The fourth-order valence-electron chi connectivity index (χ4n) is 3.73. The van der Waals surface area contributed by atoms with Gasteiger partial charge in [0.15, 0.2) is 5.78 Å². The number of para-hydroxylation sites is 1. The van der Waals surface area contributed by atoms with E-state index < -0.39 is 0 Å². The van der Waals surface area contributed by atoms with E-state index in [0.29, 0.717) is 33.8 Å². The SMILES string of the molecule is O=C(Cc1csc(C2CCN(CC(=O)c3cc(Cl)ccc3Cl)CC2)n1)Oc1ccccc1. The number of carbonyl (C=O) groups excluding carboxylic acids is 2. The van der Waals surface area contributed by atoms with Gasteiger partial charge in [-0.15, -0.1) is 11.3 Å². The quantitative estimate of drug-likeness (QED) is 0.244. The Hall–Kier alpha value is -2.25. The number of esters is 1. The number of thiazole rings is 1. The molecule has 0 N–H and O–H groups in total. The molecule has 4 rings (SSSR count). The van der Waals surface area contributed by atoms with Crippen LogP contribution in [0.5, 0.6) is 5.75 Å². The number of halogens is 2. The molecule has 0 amide bonds. The van der Waals surface area contributed by atoms with Gasteiger partial charge in [-0.05, 0) is 56.3 Å². The summed E-state index contributed by atoms with van der Waals surface area (Å²) in [4.78, 5) is 31.6. The molecule has 5 nitrogen and oxygen atoms in total. The molecule has 0 aliphatic carbocycles. The van der Waals surface area contributed by atoms with Gasteiger partial charge in [-0.3, -0.25) is 14.5 Å². The highest BCUT2D eigenvalue weighted by atomic mass is 35.5. The van der Waals surface area contributed by atoms with Crippen molar-refractivity contribution in [3.8, 4) is 5.75 Å². The molecule has 0 bridgehead atoms. The predicted octanol–water partition coefficient (Wildman–Crippen LogP) is 5.66. The van der Waals surface area contributed by atoms with Crippen molar-refractivity contribution in [3.63, 3.8) is 0 Å². The molecule has 166 valence electrons. The van der Waals surface area contributed by atoms with E-state index in [1.165, 1.54) is 0 Å². The predicted molar refractivity (Wildman–Crippen MR) is 127 cm³/mol. The van der Waals surface area contributed by atoms with Crippen LogP contribution in [0.3, 0.4) is 0 Å². The zero-order valence-corrected chi connectivity index (χ0v) is 19.6. The van der Waals surface area contributed by atoms with Gasteiger partial charge in [0.25, 0.3) is 0 Å². The third kappa shape index (κ3) is 5.95. The first-order valence-corrected chi connectivity index (χ1v) is 12.0. The minimum Gasteiger partial charge on any atom is -0.426 e. The van der Waals surface area contributed by atoms with Gasteiger partial charge in [0.2, 0.25) is 0 Å². The zero-order valence-electron chi connectivity index (χ0n) is 17.3. The summed E-state index contributed by atoms with van der Waals surface area (Å²) in [5, 5.41) is 3.90. The van der Waals surface area contributed by atoms with Crippen LogP contribution in [0.1, 0.15) is 39.8 Å². The molecule has 1 fully saturated rings. The van der Waals surface area contributed by atoms with Crippen LogP contribution >= 0.6 is 34.5 Å². The minimum absolute atomic E-state index is 0.0237. The molecule has 0 atom stereocenters. The number of Topliss-reactive ketones (excluding diaryl/α,β-unsaturated/α-hetero) is 1. The van der Waals surface area contributed by atoms with Crippen LogP contribution in [0.4, 0.5) is 0 Å². The van der Waals surface area contributed by atoms with Crippen molar-refractivity contribution in [3.05, 3.63) is 80.2 Å². The number of carbonyl (C=O) groups is 2. The van der Waals surface area contributed by atoms with Crippen molar-refractivity contribution in [2.45, 2.75) is 25.2 Å². The van der Waals surface area contributed by atoms with E-state index in [4.69, 9.17) is 27.9 Å². The summed E-state index contributed by atoms with van der Waals surface area (Å²) < 4.78 is 5.35. The lowest BCUT2D eigenvalue weighted by Crippen LogP contribution is -2.36. The normalized spacial score (nSPS) is 14.9. The van der Waals surface area contributed by atoms with Gasteiger partial charge in [-0.1, -0.05) is 41.4 Å². The van der Waals surface area contributed by atoms with Crippen LogP contribution in [-0.4, -0.2) is 41.3 Å². The van der Waals surface area contributed by atoms with Gasteiger partial charge in [0, 0.05) is 21.9 Å². The summed E-state index contributed by atoms with van der Waals surface area (Å²) in [6, 6.07) is 14.0. The van der Waals surface area contributed by atoms with E-state index in [9.17, 15) is 9.59 Å². The number of ketones is 1. The van der Waals surface area contributed by atoms with E-state index in [2.05, 4.69) is 9.88 Å². The Morgan fingerprint density at radius 3 is 2.59 bits per heavy atom. The summed E-state index contributed by atoms with van der Waals surface area (Å²) in [6.07, 6.45) is 1.98. The van der Waals surface area contributed by atoms with Gasteiger partial charge >= 0.3 is 5.97 Å². The second kappa shape index (κ2) is 10.6. The third-order valence-electron chi connectivity index (χ3n) is 5.40. The van der Waals surface area contributed by atoms with Crippen molar-refractivity contribution >= 4 is 46.3 Å². The average molecular weight is 489 g/mol. The first-order valence-electron chi connectivity index (χ1n) is 10.4. The molecular formula is C24H22Cl2N2O3S. The maximum atomic E-state index is 12.6. The summed E-state index contributed by atoms with van der Waals surface area (Å²) in [5.74, 6) is 0.527. The molecule has 1 aliphatic rings.